The standard InChI is InChI=1S/C25H33ClN6O2/c1-4-17-15-32-22-21(23(33)30(5-2)25(32)28-17)31(14-16-11-12-20(34-3)19(26)13-16)24(29-22)27-18-9-7-6-8-10-18/h11-13,17-18H,4-10,14-15H2,1-3H3,(H,27,29)/t17-/m1/s1. The number of nitrogens with one attached hydrogen (secondary N) is 1. The molecule has 1 N–H and O–H groups in total. The van der Waals surface area contributed by atoms with Gasteiger partial charge in [-0.05, 0) is 43.9 Å². The molecule has 5 rings (SSSR count). The number of benzene rings is 1. The highest BCUT2D eigenvalue weighted by Gasteiger charge is 2.43. The number of halogens is 1. The van der Waals surface area contributed by atoms with Gasteiger partial charge in [0.1, 0.15) is 5.75 Å². The largest absolute Gasteiger partial charge is 0.495 e. The number of anilines is 2. The number of nitrogens with zero attached hydrogens (tertiary/aromatic N) is 5. The van der Waals surface area contributed by atoms with Crippen LogP contribution in [-0.4, -0.2) is 58.6 Å². The summed E-state index contributed by atoms with van der Waals surface area (Å²) in [5.74, 6) is 2.77. The molecule has 9 heteroatoms. The molecule has 1 atom stereocenters. The molecule has 0 saturated heterocycles. The van der Waals surface area contributed by atoms with Crippen LogP contribution in [0.1, 0.15) is 68.4 Å². The van der Waals surface area contributed by atoms with Gasteiger partial charge in [-0.3, -0.25) is 19.2 Å². The lowest BCUT2D eigenvalue weighted by atomic mass is 9.96. The maximum absolute atomic E-state index is 13.8. The summed E-state index contributed by atoms with van der Waals surface area (Å²) in [4.78, 5) is 27.5. The Morgan fingerprint density at radius 3 is 2.68 bits per heavy atom. The van der Waals surface area contributed by atoms with Crippen molar-refractivity contribution in [2.24, 2.45) is 4.99 Å². The predicted molar refractivity (Wildman–Crippen MR) is 135 cm³/mol. The molecule has 0 radical (unpaired) electrons. The van der Waals surface area contributed by atoms with Gasteiger partial charge >= 0.3 is 0 Å². The Hall–Kier alpha value is -2.74. The Kier molecular flexibility index (Phi) is 6.42. The zero-order chi connectivity index (χ0) is 23.8. The van der Waals surface area contributed by atoms with E-state index in [-0.39, 0.29) is 11.9 Å². The quantitative estimate of drug-likeness (QED) is 0.612. The molecule has 8 nitrogen and oxygen atoms in total. The number of hydrogen-bond donors (Lipinski definition) is 1. The average Bonchev–Trinajstić information content (AvgIpc) is 3.42. The molecule has 3 heterocycles. The molecule has 1 fully saturated rings. The summed E-state index contributed by atoms with van der Waals surface area (Å²) in [5, 5.41) is 4.23. The number of rotatable bonds is 7. The van der Waals surface area contributed by atoms with Gasteiger partial charge in [-0.1, -0.05) is 43.9 Å². The molecule has 1 saturated carbocycles. The Morgan fingerprint density at radius 1 is 1.21 bits per heavy atom. The van der Waals surface area contributed by atoms with E-state index < -0.39 is 0 Å². The van der Waals surface area contributed by atoms with Gasteiger partial charge in [0.15, 0.2) is 11.5 Å². The van der Waals surface area contributed by atoms with Crippen LogP contribution in [0.25, 0.3) is 0 Å². The van der Waals surface area contributed by atoms with E-state index in [1.807, 2.05) is 29.7 Å². The van der Waals surface area contributed by atoms with Crippen LogP contribution in [0.4, 0.5) is 11.8 Å². The Morgan fingerprint density at radius 2 is 2.00 bits per heavy atom. The highest BCUT2D eigenvalue weighted by atomic mass is 35.5. The van der Waals surface area contributed by atoms with Crippen molar-refractivity contribution in [1.29, 1.82) is 0 Å². The number of imidazole rings is 1. The number of aliphatic imine (C=N–C) groups is 1. The number of carbonyl (C=O) groups is 1. The third-order valence-electron chi connectivity index (χ3n) is 7.11. The first-order valence-electron chi connectivity index (χ1n) is 12.4. The molecule has 182 valence electrons. The van der Waals surface area contributed by atoms with E-state index in [0.29, 0.717) is 41.4 Å². The van der Waals surface area contributed by atoms with E-state index >= 15 is 0 Å². The van der Waals surface area contributed by atoms with Crippen molar-refractivity contribution in [3.05, 3.63) is 34.5 Å². The Balaban J connectivity index is 1.58. The van der Waals surface area contributed by atoms with Gasteiger partial charge < -0.3 is 10.1 Å². The molecule has 2 aliphatic heterocycles. The summed E-state index contributed by atoms with van der Waals surface area (Å²) < 4.78 is 7.35. The van der Waals surface area contributed by atoms with E-state index in [9.17, 15) is 4.79 Å². The highest BCUT2D eigenvalue weighted by Crippen LogP contribution is 2.36. The van der Waals surface area contributed by atoms with Gasteiger partial charge in [-0.2, -0.15) is 4.98 Å². The molecule has 2 aromatic rings. The lowest BCUT2D eigenvalue weighted by Crippen LogP contribution is -2.50. The minimum Gasteiger partial charge on any atom is -0.495 e. The zero-order valence-electron chi connectivity index (χ0n) is 20.2. The summed E-state index contributed by atoms with van der Waals surface area (Å²) in [7, 11) is 1.61. The van der Waals surface area contributed by atoms with Gasteiger partial charge in [0, 0.05) is 12.6 Å². The lowest BCUT2D eigenvalue weighted by molar-refractivity contribution is 0.0836. The summed E-state index contributed by atoms with van der Waals surface area (Å²) in [5.41, 5.74) is 1.60. The van der Waals surface area contributed by atoms with Gasteiger partial charge in [0.05, 0.1) is 31.3 Å². The van der Waals surface area contributed by atoms with E-state index in [1.165, 1.54) is 19.3 Å². The number of methoxy groups -OCH3 is 1. The van der Waals surface area contributed by atoms with E-state index in [1.54, 1.807) is 12.0 Å². The minimum absolute atomic E-state index is 0.0481. The number of carbonyl (C=O) groups excluding carboxylic acids is 1. The minimum atomic E-state index is -0.0481. The molecule has 3 aliphatic rings. The predicted octanol–water partition coefficient (Wildman–Crippen LogP) is 4.77. The van der Waals surface area contributed by atoms with Crippen LogP contribution >= 0.6 is 11.6 Å². The fourth-order valence-electron chi connectivity index (χ4n) is 5.21. The Labute approximate surface area is 205 Å². The molecular formula is C25H33ClN6O2. The number of hydrogen-bond acceptors (Lipinski definition) is 6. The van der Waals surface area contributed by atoms with Crippen molar-refractivity contribution < 1.29 is 9.53 Å². The van der Waals surface area contributed by atoms with E-state index in [2.05, 4.69) is 17.1 Å². The number of ether oxygens (including phenoxy) is 1. The normalized spacial score (nSPS) is 20.3. The molecule has 1 aromatic carbocycles. The first kappa shape index (κ1) is 23.0. The molecule has 34 heavy (non-hydrogen) atoms. The number of guanidine groups is 1. The molecule has 0 unspecified atom stereocenters. The van der Waals surface area contributed by atoms with Crippen LogP contribution < -0.4 is 15.0 Å². The number of amides is 1. The zero-order valence-corrected chi connectivity index (χ0v) is 20.9. The second-order valence-electron chi connectivity index (χ2n) is 9.29. The summed E-state index contributed by atoms with van der Waals surface area (Å²) in [6.45, 7) is 5.93. The van der Waals surface area contributed by atoms with Crippen LogP contribution in [-0.2, 0) is 6.54 Å². The molecule has 0 bridgehead atoms. The van der Waals surface area contributed by atoms with Crippen molar-refractivity contribution in [2.45, 2.75) is 71.0 Å². The van der Waals surface area contributed by atoms with Gasteiger partial charge in [-0.15, -0.1) is 0 Å². The first-order valence-corrected chi connectivity index (χ1v) is 12.8. The second-order valence-corrected chi connectivity index (χ2v) is 9.70. The summed E-state index contributed by atoms with van der Waals surface area (Å²) in [6.07, 6.45) is 6.89. The van der Waals surface area contributed by atoms with Crippen molar-refractivity contribution in [3.63, 3.8) is 0 Å². The van der Waals surface area contributed by atoms with Gasteiger partial charge in [-0.25, -0.2) is 4.99 Å². The highest BCUT2D eigenvalue weighted by molar-refractivity contribution is 6.32. The first-order chi connectivity index (χ1) is 16.5. The van der Waals surface area contributed by atoms with Crippen molar-refractivity contribution in [1.82, 2.24) is 14.5 Å². The smallest absolute Gasteiger partial charge is 0.281 e. The fourth-order valence-corrected chi connectivity index (χ4v) is 5.49. The third-order valence-corrected chi connectivity index (χ3v) is 7.40. The monoisotopic (exact) mass is 484 g/mol. The summed E-state index contributed by atoms with van der Waals surface area (Å²) in [6, 6.07) is 6.29. The number of aromatic nitrogens is 2. The van der Waals surface area contributed by atoms with Crippen LogP contribution in [0.3, 0.4) is 0 Å². The van der Waals surface area contributed by atoms with Gasteiger partial charge in [0.2, 0.25) is 11.9 Å². The van der Waals surface area contributed by atoms with Crippen LogP contribution in [0.2, 0.25) is 5.02 Å². The van der Waals surface area contributed by atoms with E-state index in [4.69, 9.17) is 26.3 Å². The average molecular weight is 485 g/mol. The summed E-state index contributed by atoms with van der Waals surface area (Å²) >= 11 is 6.42. The maximum Gasteiger partial charge on any atom is 0.281 e. The molecule has 0 spiro atoms. The molecule has 1 aliphatic carbocycles. The number of fused-ring (bicyclic) bond motifs is 3. The van der Waals surface area contributed by atoms with Crippen LogP contribution in [0, 0.1) is 0 Å². The molecule has 1 aromatic heterocycles. The Bertz CT molecular complexity index is 1110. The van der Waals surface area contributed by atoms with Crippen LogP contribution in [0.15, 0.2) is 23.2 Å². The van der Waals surface area contributed by atoms with Crippen molar-refractivity contribution >= 4 is 35.2 Å². The topological polar surface area (TPSA) is 75.0 Å². The third kappa shape index (κ3) is 4.02. The second kappa shape index (κ2) is 9.49. The van der Waals surface area contributed by atoms with Crippen molar-refractivity contribution in [2.75, 3.05) is 30.4 Å². The lowest BCUT2D eigenvalue weighted by Gasteiger charge is -2.33. The van der Waals surface area contributed by atoms with Gasteiger partial charge in [0.25, 0.3) is 5.91 Å². The maximum atomic E-state index is 13.8. The molecule has 1 amide bonds. The van der Waals surface area contributed by atoms with Crippen molar-refractivity contribution in [3.8, 4) is 5.75 Å². The fraction of sp³-hybridized carbons (Fsp3) is 0.560. The molecular weight excluding hydrogens is 452 g/mol. The van der Waals surface area contributed by atoms with E-state index in [0.717, 1.165) is 43.3 Å². The SMILES string of the molecule is CC[C@@H]1CN2C(=N1)N(CC)C(=O)c1c2nc(NC2CCCCC2)n1Cc1ccc(OC)c(Cl)c1. The van der Waals surface area contributed by atoms with Crippen LogP contribution in [0.5, 0.6) is 5.75 Å².